The summed E-state index contributed by atoms with van der Waals surface area (Å²) in [5, 5.41) is 0.611. The SMILES string of the molecule is COc1ccc(Cl)cc1CN(C)C(=O)c1cc(C)n(-c2ccccn2)c1C. The lowest BCUT2D eigenvalue weighted by Gasteiger charge is -2.19. The first-order valence-electron chi connectivity index (χ1n) is 8.60. The summed E-state index contributed by atoms with van der Waals surface area (Å²) in [5.41, 5.74) is 3.34. The summed E-state index contributed by atoms with van der Waals surface area (Å²) in [7, 11) is 3.38. The minimum atomic E-state index is -0.0627. The lowest BCUT2D eigenvalue weighted by molar-refractivity contribution is 0.0783. The van der Waals surface area contributed by atoms with Gasteiger partial charge in [-0.2, -0.15) is 0 Å². The number of amides is 1. The molecule has 2 heterocycles. The van der Waals surface area contributed by atoms with Gasteiger partial charge in [0, 0.05) is 41.8 Å². The molecule has 140 valence electrons. The molecule has 27 heavy (non-hydrogen) atoms. The zero-order valence-electron chi connectivity index (χ0n) is 15.9. The number of pyridine rings is 1. The van der Waals surface area contributed by atoms with Crippen LogP contribution in [0.5, 0.6) is 5.75 Å². The van der Waals surface area contributed by atoms with Gasteiger partial charge in [0.1, 0.15) is 11.6 Å². The van der Waals surface area contributed by atoms with Crippen LogP contribution in [0.15, 0.2) is 48.7 Å². The lowest BCUT2D eigenvalue weighted by atomic mass is 10.1. The van der Waals surface area contributed by atoms with Crippen LogP contribution in [0.4, 0.5) is 0 Å². The Kier molecular flexibility index (Phi) is 5.51. The molecule has 0 N–H and O–H groups in total. The van der Waals surface area contributed by atoms with E-state index in [1.807, 2.05) is 54.8 Å². The van der Waals surface area contributed by atoms with Gasteiger partial charge in [-0.3, -0.25) is 4.79 Å². The highest BCUT2D eigenvalue weighted by atomic mass is 35.5. The van der Waals surface area contributed by atoms with E-state index in [9.17, 15) is 4.79 Å². The summed E-state index contributed by atoms with van der Waals surface area (Å²) >= 11 is 6.10. The molecule has 0 aliphatic heterocycles. The van der Waals surface area contributed by atoms with E-state index in [0.29, 0.717) is 22.9 Å². The smallest absolute Gasteiger partial charge is 0.255 e. The van der Waals surface area contributed by atoms with Crippen molar-refractivity contribution in [3.63, 3.8) is 0 Å². The van der Waals surface area contributed by atoms with Gasteiger partial charge in [-0.1, -0.05) is 17.7 Å². The number of ether oxygens (including phenoxy) is 1. The molecule has 1 amide bonds. The Morgan fingerprint density at radius 1 is 1.22 bits per heavy atom. The third kappa shape index (κ3) is 3.83. The van der Waals surface area contributed by atoms with Crippen LogP contribution in [0, 0.1) is 13.8 Å². The van der Waals surface area contributed by atoms with Gasteiger partial charge in [-0.25, -0.2) is 4.98 Å². The Morgan fingerprint density at radius 2 is 2.00 bits per heavy atom. The average molecular weight is 384 g/mol. The van der Waals surface area contributed by atoms with E-state index in [-0.39, 0.29) is 5.91 Å². The molecular formula is C21H22ClN3O2. The highest BCUT2D eigenvalue weighted by Gasteiger charge is 2.21. The largest absolute Gasteiger partial charge is 0.496 e. The summed E-state index contributed by atoms with van der Waals surface area (Å²) in [6, 6.07) is 13.0. The van der Waals surface area contributed by atoms with E-state index in [1.54, 1.807) is 31.3 Å². The van der Waals surface area contributed by atoms with Crippen LogP contribution in [0.3, 0.4) is 0 Å². The molecule has 0 unspecified atom stereocenters. The van der Waals surface area contributed by atoms with Gasteiger partial charge in [-0.05, 0) is 50.2 Å². The summed E-state index contributed by atoms with van der Waals surface area (Å²) in [6.07, 6.45) is 1.74. The molecule has 0 aliphatic carbocycles. The number of aromatic nitrogens is 2. The van der Waals surface area contributed by atoms with E-state index in [0.717, 1.165) is 22.8 Å². The third-order valence-electron chi connectivity index (χ3n) is 4.54. The molecule has 1 aromatic carbocycles. The normalized spacial score (nSPS) is 10.7. The minimum absolute atomic E-state index is 0.0627. The Hall–Kier alpha value is -2.79. The van der Waals surface area contributed by atoms with Crippen molar-refractivity contribution in [3.8, 4) is 11.6 Å². The van der Waals surface area contributed by atoms with Crippen molar-refractivity contribution < 1.29 is 9.53 Å². The molecule has 0 atom stereocenters. The maximum absolute atomic E-state index is 13.1. The molecule has 0 fully saturated rings. The number of methoxy groups -OCH3 is 1. The van der Waals surface area contributed by atoms with Crippen LogP contribution in [-0.2, 0) is 6.54 Å². The van der Waals surface area contributed by atoms with Crippen molar-refractivity contribution in [2.45, 2.75) is 20.4 Å². The van der Waals surface area contributed by atoms with Gasteiger partial charge in [0.25, 0.3) is 5.91 Å². The van der Waals surface area contributed by atoms with E-state index in [4.69, 9.17) is 16.3 Å². The summed E-state index contributed by atoms with van der Waals surface area (Å²) in [6.45, 7) is 4.30. The molecule has 5 nitrogen and oxygen atoms in total. The number of rotatable bonds is 5. The highest BCUT2D eigenvalue weighted by Crippen LogP contribution is 2.25. The van der Waals surface area contributed by atoms with Crippen LogP contribution in [0.1, 0.15) is 27.3 Å². The first kappa shape index (κ1) is 19.0. The Balaban J connectivity index is 1.89. The molecule has 2 aromatic heterocycles. The zero-order chi connectivity index (χ0) is 19.6. The van der Waals surface area contributed by atoms with Crippen molar-refractivity contribution in [1.29, 1.82) is 0 Å². The fourth-order valence-electron chi connectivity index (χ4n) is 3.22. The summed E-state index contributed by atoms with van der Waals surface area (Å²) in [4.78, 5) is 19.1. The highest BCUT2D eigenvalue weighted by molar-refractivity contribution is 6.30. The van der Waals surface area contributed by atoms with E-state index in [2.05, 4.69) is 4.98 Å². The molecule has 0 spiro atoms. The first-order valence-corrected chi connectivity index (χ1v) is 8.98. The van der Waals surface area contributed by atoms with Gasteiger partial charge in [0.2, 0.25) is 0 Å². The fraction of sp³-hybridized carbons (Fsp3) is 0.238. The predicted molar refractivity (Wildman–Crippen MR) is 107 cm³/mol. The number of aryl methyl sites for hydroxylation is 1. The number of carbonyl (C=O) groups is 1. The van der Waals surface area contributed by atoms with Crippen molar-refractivity contribution in [2.75, 3.05) is 14.2 Å². The lowest BCUT2D eigenvalue weighted by Crippen LogP contribution is -2.26. The number of benzene rings is 1. The van der Waals surface area contributed by atoms with Crippen LogP contribution >= 0.6 is 11.6 Å². The maximum atomic E-state index is 13.1. The number of halogens is 1. The molecular weight excluding hydrogens is 362 g/mol. The zero-order valence-corrected chi connectivity index (χ0v) is 16.6. The molecule has 0 bridgehead atoms. The number of nitrogens with zero attached hydrogens (tertiary/aromatic N) is 3. The molecule has 0 saturated heterocycles. The van der Waals surface area contributed by atoms with E-state index < -0.39 is 0 Å². The topological polar surface area (TPSA) is 47.4 Å². The fourth-order valence-corrected chi connectivity index (χ4v) is 3.42. The van der Waals surface area contributed by atoms with Gasteiger partial charge in [0.15, 0.2) is 0 Å². The Labute approximate surface area is 164 Å². The predicted octanol–water partition coefficient (Wildman–Crippen LogP) is 4.42. The van der Waals surface area contributed by atoms with E-state index >= 15 is 0 Å². The maximum Gasteiger partial charge on any atom is 0.255 e. The number of hydrogen-bond donors (Lipinski definition) is 0. The van der Waals surface area contributed by atoms with Crippen LogP contribution < -0.4 is 4.74 Å². The Bertz CT molecular complexity index is 967. The average Bonchev–Trinajstić information content (AvgIpc) is 2.96. The summed E-state index contributed by atoms with van der Waals surface area (Å²) in [5.74, 6) is 1.44. The van der Waals surface area contributed by atoms with E-state index in [1.165, 1.54) is 0 Å². The standard InChI is InChI=1S/C21H22ClN3O2/c1-14-11-18(15(2)25(14)20-7-5-6-10-23-20)21(26)24(3)13-16-12-17(22)8-9-19(16)27-4/h5-12H,13H2,1-4H3. The molecule has 3 rings (SSSR count). The van der Waals surface area contributed by atoms with Crippen molar-refractivity contribution in [1.82, 2.24) is 14.5 Å². The van der Waals surface area contributed by atoms with Crippen molar-refractivity contribution in [3.05, 3.63) is 76.2 Å². The second-order valence-electron chi connectivity index (χ2n) is 6.43. The van der Waals surface area contributed by atoms with Gasteiger partial charge in [-0.15, -0.1) is 0 Å². The van der Waals surface area contributed by atoms with Crippen molar-refractivity contribution >= 4 is 17.5 Å². The molecule has 6 heteroatoms. The van der Waals surface area contributed by atoms with Gasteiger partial charge < -0.3 is 14.2 Å². The molecule has 3 aromatic rings. The van der Waals surface area contributed by atoms with Gasteiger partial charge >= 0.3 is 0 Å². The second-order valence-corrected chi connectivity index (χ2v) is 6.86. The monoisotopic (exact) mass is 383 g/mol. The number of carbonyl (C=O) groups excluding carboxylic acids is 1. The summed E-state index contributed by atoms with van der Waals surface area (Å²) < 4.78 is 7.37. The molecule has 0 saturated carbocycles. The minimum Gasteiger partial charge on any atom is -0.496 e. The first-order chi connectivity index (χ1) is 12.9. The molecule has 0 aliphatic rings. The van der Waals surface area contributed by atoms with Crippen LogP contribution in [0.2, 0.25) is 5.02 Å². The van der Waals surface area contributed by atoms with Gasteiger partial charge in [0.05, 0.1) is 12.7 Å². The third-order valence-corrected chi connectivity index (χ3v) is 4.77. The van der Waals surface area contributed by atoms with Crippen molar-refractivity contribution in [2.24, 2.45) is 0 Å². The van der Waals surface area contributed by atoms with Crippen LogP contribution in [-0.4, -0.2) is 34.5 Å². The Morgan fingerprint density at radius 3 is 2.67 bits per heavy atom. The quantitative estimate of drug-likeness (QED) is 0.655. The number of hydrogen-bond acceptors (Lipinski definition) is 3. The molecule has 0 radical (unpaired) electrons. The van der Waals surface area contributed by atoms with Crippen LogP contribution in [0.25, 0.3) is 5.82 Å². The second kappa shape index (κ2) is 7.84.